The van der Waals surface area contributed by atoms with Crippen molar-refractivity contribution in [2.24, 2.45) is 5.92 Å². The van der Waals surface area contributed by atoms with E-state index in [9.17, 15) is 19.2 Å². The summed E-state index contributed by atoms with van der Waals surface area (Å²) in [6, 6.07) is 7.09. The van der Waals surface area contributed by atoms with Crippen molar-refractivity contribution in [3.8, 4) is 0 Å². The number of nitrogens with one attached hydrogen (secondary N) is 2. The maximum absolute atomic E-state index is 12.5. The van der Waals surface area contributed by atoms with Crippen LogP contribution in [-0.2, 0) is 25.7 Å². The number of carbonyl (C=O) groups is 4. The van der Waals surface area contributed by atoms with Gasteiger partial charge in [0.2, 0.25) is 0 Å². The summed E-state index contributed by atoms with van der Waals surface area (Å²) in [6.45, 7) is 4.90. The maximum Gasteiger partial charge on any atom is 0.327 e. The first kappa shape index (κ1) is 19.9. The number of hydrogen-bond acceptors (Lipinski definition) is 5. The lowest BCUT2D eigenvalue weighted by Gasteiger charge is -2.21. The lowest BCUT2D eigenvalue weighted by molar-refractivity contribution is -0.156. The van der Waals surface area contributed by atoms with Crippen LogP contribution in [0.5, 0.6) is 0 Å². The standard InChI is InChI=1S/C20H25N3O5/c1-12-4-6-14(7-5-12)10-21-17(25)13(2)28-16(24)11-23-18(26)20(3,15-8-9-15)22-19(23)27/h4-7,13,15H,8-11H2,1-3H3,(H,21,25)(H,22,27)/t13-,20-/m0/s1. The van der Waals surface area contributed by atoms with Gasteiger partial charge in [0.15, 0.2) is 6.10 Å². The van der Waals surface area contributed by atoms with E-state index in [0.717, 1.165) is 28.9 Å². The van der Waals surface area contributed by atoms with Crippen molar-refractivity contribution in [3.63, 3.8) is 0 Å². The van der Waals surface area contributed by atoms with E-state index in [1.165, 1.54) is 6.92 Å². The van der Waals surface area contributed by atoms with Gasteiger partial charge in [-0.25, -0.2) is 4.79 Å². The number of nitrogens with zero attached hydrogens (tertiary/aromatic N) is 1. The van der Waals surface area contributed by atoms with Gasteiger partial charge in [-0.15, -0.1) is 0 Å². The predicted molar refractivity (Wildman–Crippen MR) is 100.0 cm³/mol. The minimum absolute atomic E-state index is 0.108. The Kier molecular flexibility index (Phi) is 5.40. The molecular weight excluding hydrogens is 362 g/mol. The first-order chi connectivity index (χ1) is 13.2. The number of rotatable bonds is 7. The van der Waals surface area contributed by atoms with Gasteiger partial charge in [0, 0.05) is 6.54 Å². The highest BCUT2D eigenvalue weighted by molar-refractivity contribution is 6.08. The van der Waals surface area contributed by atoms with E-state index in [1.807, 2.05) is 31.2 Å². The first-order valence-electron chi connectivity index (χ1n) is 9.37. The highest BCUT2D eigenvalue weighted by atomic mass is 16.5. The fourth-order valence-electron chi connectivity index (χ4n) is 3.25. The molecule has 0 bridgehead atoms. The third-order valence-corrected chi connectivity index (χ3v) is 5.25. The minimum Gasteiger partial charge on any atom is -0.451 e. The van der Waals surface area contributed by atoms with Crippen LogP contribution in [0.4, 0.5) is 4.79 Å². The number of imide groups is 1. The normalized spacial score (nSPS) is 22.6. The Morgan fingerprint density at radius 1 is 1.29 bits per heavy atom. The molecule has 1 aliphatic heterocycles. The molecule has 1 saturated heterocycles. The maximum atomic E-state index is 12.5. The zero-order valence-electron chi connectivity index (χ0n) is 16.3. The van der Waals surface area contributed by atoms with E-state index >= 15 is 0 Å². The third kappa shape index (κ3) is 4.16. The Hall–Kier alpha value is -2.90. The minimum atomic E-state index is -1.03. The van der Waals surface area contributed by atoms with Gasteiger partial charge in [-0.3, -0.25) is 19.3 Å². The van der Waals surface area contributed by atoms with Crippen LogP contribution in [-0.4, -0.2) is 46.9 Å². The number of carbonyl (C=O) groups excluding carboxylic acids is 4. The molecular formula is C20H25N3O5. The fraction of sp³-hybridized carbons (Fsp3) is 0.500. The number of amides is 4. The van der Waals surface area contributed by atoms with Gasteiger partial charge in [-0.2, -0.15) is 0 Å². The van der Waals surface area contributed by atoms with Gasteiger partial charge in [0.1, 0.15) is 12.1 Å². The van der Waals surface area contributed by atoms with Gasteiger partial charge in [0.25, 0.3) is 11.8 Å². The molecule has 0 radical (unpaired) electrons. The second-order valence-corrected chi connectivity index (χ2v) is 7.63. The number of aryl methyl sites for hydroxylation is 1. The first-order valence-corrected chi connectivity index (χ1v) is 9.37. The van der Waals surface area contributed by atoms with Gasteiger partial charge in [0.05, 0.1) is 0 Å². The van der Waals surface area contributed by atoms with Crippen molar-refractivity contribution in [1.29, 1.82) is 0 Å². The van der Waals surface area contributed by atoms with Gasteiger partial charge in [-0.05, 0) is 45.1 Å². The smallest absolute Gasteiger partial charge is 0.327 e. The van der Waals surface area contributed by atoms with Crippen molar-refractivity contribution in [3.05, 3.63) is 35.4 Å². The molecule has 1 saturated carbocycles. The highest BCUT2D eigenvalue weighted by Gasteiger charge is 2.56. The molecule has 0 spiro atoms. The summed E-state index contributed by atoms with van der Waals surface area (Å²) in [7, 11) is 0. The Bertz CT molecular complexity index is 803. The molecule has 1 aromatic rings. The van der Waals surface area contributed by atoms with E-state index in [-0.39, 0.29) is 5.92 Å². The van der Waals surface area contributed by atoms with Crippen molar-refractivity contribution < 1.29 is 23.9 Å². The molecule has 2 fully saturated rings. The third-order valence-electron chi connectivity index (χ3n) is 5.25. The molecule has 1 heterocycles. The molecule has 4 amide bonds. The molecule has 28 heavy (non-hydrogen) atoms. The van der Waals surface area contributed by atoms with Gasteiger partial charge >= 0.3 is 12.0 Å². The van der Waals surface area contributed by atoms with Crippen LogP contribution in [0.1, 0.15) is 37.8 Å². The zero-order valence-corrected chi connectivity index (χ0v) is 16.3. The zero-order chi connectivity index (χ0) is 20.5. The van der Waals surface area contributed by atoms with Crippen molar-refractivity contribution in [2.75, 3.05) is 6.54 Å². The number of hydrogen-bond donors (Lipinski definition) is 2. The lowest BCUT2D eigenvalue weighted by atomic mass is 9.96. The molecule has 0 aromatic heterocycles. The molecule has 3 rings (SSSR count). The van der Waals surface area contributed by atoms with Crippen LogP contribution in [0.2, 0.25) is 0 Å². The molecule has 2 atom stereocenters. The van der Waals surface area contributed by atoms with Crippen LogP contribution < -0.4 is 10.6 Å². The number of urea groups is 1. The van der Waals surface area contributed by atoms with Crippen LogP contribution in [0.15, 0.2) is 24.3 Å². The summed E-state index contributed by atoms with van der Waals surface area (Å²) in [6.07, 6.45) is 0.714. The summed E-state index contributed by atoms with van der Waals surface area (Å²) in [5, 5.41) is 5.36. The van der Waals surface area contributed by atoms with Crippen molar-refractivity contribution in [1.82, 2.24) is 15.5 Å². The quantitative estimate of drug-likeness (QED) is 0.541. The summed E-state index contributed by atoms with van der Waals surface area (Å²) in [5.74, 6) is -1.57. The SMILES string of the molecule is Cc1ccc(CNC(=O)[C@H](C)OC(=O)CN2C(=O)N[C@@](C)(C3CC3)C2=O)cc1. The van der Waals surface area contributed by atoms with Crippen LogP contribution >= 0.6 is 0 Å². The summed E-state index contributed by atoms with van der Waals surface area (Å²) in [5.41, 5.74) is 1.10. The molecule has 8 nitrogen and oxygen atoms in total. The van der Waals surface area contributed by atoms with Crippen LogP contribution in [0, 0.1) is 12.8 Å². The van der Waals surface area contributed by atoms with Crippen molar-refractivity contribution in [2.45, 2.75) is 51.8 Å². The fourth-order valence-corrected chi connectivity index (χ4v) is 3.25. The monoisotopic (exact) mass is 387 g/mol. The Labute approximate surface area is 163 Å². The second kappa shape index (κ2) is 7.61. The number of ether oxygens (including phenoxy) is 1. The van der Waals surface area contributed by atoms with E-state index in [4.69, 9.17) is 4.74 Å². The lowest BCUT2D eigenvalue weighted by Crippen LogP contribution is -2.46. The topological polar surface area (TPSA) is 105 Å². The summed E-state index contributed by atoms with van der Waals surface area (Å²) < 4.78 is 5.10. The number of benzene rings is 1. The molecule has 0 unspecified atom stereocenters. The van der Waals surface area contributed by atoms with E-state index in [1.54, 1.807) is 6.92 Å². The largest absolute Gasteiger partial charge is 0.451 e. The van der Waals surface area contributed by atoms with Crippen molar-refractivity contribution >= 4 is 23.8 Å². The molecule has 1 aliphatic carbocycles. The molecule has 2 aliphatic rings. The van der Waals surface area contributed by atoms with Gasteiger partial charge in [-0.1, -0.05) is 29.8 Å². The number of esters is 1. The average Bonchev–Trinajstić information content (AvgIpc) is 3.47. The highest BCUT2D eigenvalue weighted by Crippen LogP contribution is 2.42. The Morgan fingerprint density at radius 3 is 2.54 bits per heavy atom. The molecule has 2 N–H and O–H groups in total. The van der Waals surface area contributed by atoms with E-state index in [0.29, 0.717) is 6.54 Å². The van der Waals surface area contributed by atoms with E-state index < -0.39 is 42.0 Å². The van der Waals surface area contributed by atoms with Gasteiger partial charge < -0.3 is 15.4 Å². The average molecular weight is 387 g/mol. The summed E-state index contributed by atoms with van der Waals surface area (Å²) in [4.78, 5) is 49.7. The Morgan fingerprint density at radius 2 is 1.93 bits per heavy atom. The molecule has 150 valence electrons. The van der Waals surface area contributed by atoms with Crippen LogP contribution in [0.3, 0.4) is 0 Å². The molecule has 8 heteroatoms. The molecule has 1 aromatic carbocycles. The van der Waals surface area contributed by atoms with E-state index in [2.05, 4.69) is 10.6 Å². The predicted octanol–water partition coefficient (Wildman–Crippen LogP) is 1.26. The van der Waals surface area contributed by atoms with Crippen LogP contribution in [0.25, 0.3) is 0 Å². The Balaban J connectivity index is 1.48. The second-order valence-electron chi connectivity index (χ2n) is 7.63. The summed E-state index contributed by atoms with van der Waals surface area (Å²) >= 11 is 0.